The molecule has 2 amide bonds. The lowest BCUT2D eigenvalue weighted by molar-refractivity contribution is -0.138. The number of carbonyl (C=O) groups excluding carboxylic acids is 1. The van der Waals surface area contributed by atoms with Gasteiger partial charge >= 0.3 is 12.0 Å². The third-order valence-corrected chi connectivity index (χ3v) is 3.00. The first-order valence-corrected chi connectivity index (χ1v) is 6.06. The van der Waals surface area contributed by atoms with E-state index in [2.05, 4.69) is 17.6 Å². The van der Waals surface area contributed by atoms with Crippen LogP contribution in [0.15, 0.2) is 0 Å². The first-order chi connectivity index (χ1) is 6.97. The van der Waals surface area contributed by atoms with Gasteiger partial charge in [0, 0.05) is 11.8 Å². The molecule has 3 N–H and O–H groups in total. The number of hydrogen-bond acceptors (Lipinski definition) is 3. The van der Waals surface area contributed by atoms with Crippen LogP contribution in [0.3, 0.4) is 0 Å². The predicted molar refractivity (Wildman–Crippen MR) is 61.2 cm³/mol. The van der Waals surface area contributed by atoms with Crippen molar-refractivity contribution in [1.29, 1.82) is 0 Å². The monoisotopic (exact) mass is 234 g/mol. The van der Waals surface area contributed by atoms with Gasteiger partial charge in [-0.15, -0.1) is 0 Å². The van der Waals surface area contributed by atoms with Gasteiger partial charge in [0.05, 0.1) is 0 Å². The zero-order chi connectivity index (χ0) is 11.8. The smallest absolute Gasteiger partial charge is 0.325 e. The van der Waals surface area contributed by atoms with Gasteiger partial charge in [-0.2, -0.15) is 11.8 Å². The fourth-order valence-corrected chi connectivity index (χ4v) is 1.17. The number of nitrogens with one attached hydrogen (secondary N) is 2. The molecular weight excluding hydrogens is 216 g/mol. The normalized spacial score (nSPS) is 14.1. The molecule has 0 rings (SSSR count). The number of thioether (sulfide) groups is 1. The van der Waals surface area contributed by atoms with Gasteiger partial charge in [0.2, 0.25) is 0 Å². The van der Waals surface area contributed by atoms with Crippen LogP contribution >= 0.6 is 11.8 Å². The maximum atomic E-state index is 11.1. The summed E-state index contributed by atoms with van der Waals surface area (Å²) in [5.41, 5.74) is 0. The van der Waals surface area contributed by atoms with Crippen LogP contribution in [0.2, 0.25) is 0 Å². The third kappa shape index (κ3) is 7.07. The number of carboxylic acids is 1. The molecule has 0 aliphatic rings. The number of aliphatic carboxylic acids is 1. The molecule has 0 aromatic rings. The summed E-state index contributed by atoms with van der Waals surface area (Å²) < 4.78 is 0. The highest BCUT2D eigenvalue weighted by Gasteiger charge is 2.13. The van der Waals surface area contributed by atoms with E-state index in [0.29, 0.717) is 11.8 Å². The highest BCUT2D eigenvalue weighted by atomic mass is 32.2. The van der Waals surface area contributed by atoms with E-state index in [1.54, 1.807) is 11.8 Å². The number of urea groups is 1. The van der Waals surface area contributed by atoms with E-state index in [4.69, 9.17) is 5.11 Å². The van der Waals surface area contributed by atoms with Crippen LogP contribution in [-0.2, 0) is 4.79 Å². The summed E-state index contributed by atoms with van der Waals surface area (Å²) in [5.74, 6) is -1.04. The van der Waals surface area contributed by atoms with Crippen molar-refractivity contribution in [2.24, 2.45) is 0 Å². The minimum atomic E-state index is -1.04. The van der Waals surface area contributed by atoms with Crippen LogP contribution in [0.4, 0.5) is 4.79 Å². The molecule has 0 bridgehead atoms. The minimum Gasteiger partial charge on any atom is -0.480 e. The van der Waals surface area contributed by atoms with E-state index in [-0.39, 0.29) is 0 Å². The van der Waals surface area contributed by atoms with Crippen LogP contribution in [0.5, 0.6) is 0 Å². The van der Waals surface area contributed by atoms with Gasteiger partial charge in [0.15, 0.2) is 0 Å². The molecule has 15 heavy (non-hydrogen) atoms. The number of carbonyl (C=O) groups is 2. The zero-order valence-corrected chi connectivity index (χ0v) is 10.1. The number of rotatable bonds is 6. The van der Waals surface area contributed by atoms with Crippen molar-refractivity contribution in [2.75, 3.05) is 12.8 Å². The lowest BCUT2D eigenvalue weighted by Gasteiger charge is -2.12. The molecule has 0 saturated heterocycles. The van der Waals surface area contributed by atoms with Crippen LogP contribution < -0.4 is 10.6 Å². The SMILES string of the molecule is CSC(C)CCNC(=O)NC(C)C(=O)O. The van der Waals surface area contributed by atoms with Gasteiger partial charge < -0.3 is 15.7 Å². The van der Waals surface area contributed by atoms with Crippen LogP contribution in [0.1, 0.15) is 20.3 Å². The van der Waals surface area contributed by atoms with E-state index in [1.807, 2.05) is 6.26 Å². The predicted octanol–water partition coefficient (Wildman–Crippen LogP) is 0.900. The minimum absolute atomic E-state index is 0.432. The summed E-state index contributed by atoms with van der Waals surface area (Å²) in [6, 6.07) is -1.29. The van der Waals surface area contributed by atoms with E-state index in [1.165, 1.54) is 6.92 Å². The topological polar surface area (TPSA) is 78.4 Å². The van der Waals surface area contributed by atoms with E-state index >= 15 is 0 Å². The van der Waals surface area contributed by atoms with Gasteiger partial charge in [0.1, 0.15) is 6.04 Å². The Hall–Kier alpha value is -0.910. The molecule has 0 radical (unpaired) electrons. The summed E-state index contributed by atoms with van der Waals surface area (Å²) in [6.07, 6.45) is 2.88. The Labute approximate surface area is 94.0 Å². The van der Waals surface area contributed by atoms with Gasteiger partial charge in [-0.3, -0.25) is 4.79 Å². The first-order valence-electron chi connectivity index (χ1n) is 4.77. The highest BCUT2D eigenvalue weighted by molar-refractivity contribution is 7.99. The Morgan fingerprint density at radius 2 is 2.00 bits per heavy atom. The molecule has 0 saturated carbocycles. The molecule has 2 unspecified atom stereocenters. The largest absolute Gasteiger partial charge is 0.480 e. The van der Waals surface area contributed by atoms with Crippen molar-refractivity contribution in [1.82, 2.24) is 10.6 Å². The lowest BCUT2D eigenvalue weighted by atomic mass is 10.3. The second-order valence-corrected chi connectivity index (χ2v) is 4.57. The fraction of sp³-hybridized carbons (Fsp3) is 0.778. The second kappa shape index (κ2) is 7.39. The maximum Gasteiger partial charge on any atom is 0.325 e. The van der Waals surface area contributed by atoms with Crippen molar-refractivity contribution >= 4 is 23.8 Å². The first kappa shape index (κ1) is 14.1. The molecule has 2 atom stereocenters. The maximum absolute atomic E-state index is 11.1. The van der Waals surface area contributed by atoms with E-state index in [9.17, 15) is 9.59 Å². The van der Waals surface area contributed by atoms with Crippen molar-refractivity contribution in [3.05, 3.63) is 0 Å². The third-order valence-electron chi connectivity index (χ3n) is 1.96. The second-order valence-electron chi connectivity index (χ2n) is 3.30. The standard InChI is InChI=1S/C9H18N2O3S/c1-6(15-3)4-5-10-9(14)11-7(2)8(12)13/h6-7H,4-5H2,1-3H3,(H,12,13)(H2,10,11,14). The Bertz CT molecular complexity index is 223. The Morgan fingerprint density at radius 1 is 1.40 bits per heavy atom. The summed E-state index contributed by atoms with van der Waals surface area (Å²) in [7, 11) is 0. The molecule has 0 aromatic carbocycles. The van der Waals surface area contributed by atoms with Gasteiger partial charge in [-0.05, 0) is 19.6 Å². The Balaban J connectivity index is 3.62. The average molecular weight is 234 g/mol. The van der Waals surface area contributed by atoms with Gasteiger partial charge in [-0.1, -0.05) is 6.92 Å². The van der Waals surface area contributed by atoms with Crippen molar-refractivity contribution in [3.8, 4) is 0 Å². The summed E-state index contributed by atoms with van der Waals surface area (Å²) in [4.78, 5) is 21.6. The quantitative estimate of drug-likeness (QED) is 0.638. The molecular formula is C9H18N2O3S. The molecule has 5 nitrogen and oxygen atoms in total. The molecule has 0 aliphatic carbocycles. The highest BCUT2D eigenvalue weighted by Crippen LogP contribution is 2.07. The molecule has 0 fully saturated rings. The fourth-order valence-electron chi connectivity index (χ4n) is 0.816. The van der Waals surface area contributed by atoms with Crippen LogP contribution in [-0.4, -0.2) is 41.2 Å². The Kier molecular flexibility index (Phi) is 6.94. The Morgan fingerprint density at radius 3 is 2.47 bits per heavy atom. The van der Waals surface area contributed by atoms with Crippen molar-refractivity contribution < 1.29 is 14.7 Å². The number of hydrogen-bond donors (Lipinski definition) is 3. The average Bonchev–Trinajstić information content (AvgIpc) is 2.17. The zero-order valence-electron chi connectivity index (χ0n) is 9.24. The molecule has 0 aliphatic heterocycles. The van der Waals surface area contributed by atoms with Gasteiger partial charge in [-0.25, -0.2) is 4.79 Å². The van der Waals surface area contributed by atoms with Crippen LogP contribution in [0, 0.1) is 0 Å². The number of carboxylic acid groups (broad SMARTS) is 1. The summed E-state index contributed by atoms with van der Waals surface area (Å²) >= 11 is 1.73. The van der Waals surface area contributed by atoms with Crippen molar-refractivity contribution in [2.45, 2.75) is 31.6 Å². The molecule has 88 valence electrons. The molecule has 0 aromatic heterocycles. The molecule has 6 heteroatoms. The number of amides is 2. The summed E-state index contributed by atoms with van der Waals surface area (Å²) in [5, 5.41) is 13.9. The van der Waals surface area contributed by atoms with Crippen molar-refractivity contribution in [3.63, 3.8) is 0 Å². The lowest BCUT2D eigenvalue weighted by Crippen LogP contribution is -2.44. The van der Waals surface area contributed by atoms with E-state index < -0.39 is 18.0 Å². The molecule has 0 spiro atoms. The summed E-state index contributed by atoms with van der Waals surface area (Å²) in [6.45, 7) is 4.05. The van der Waals surface area contributed by atoms with Gasteiger partial charge in [0.25, 0.3) is 0 Å². The van der Waals surface area contributed by atoms with E-state index in [0.717, 1.165) is 6.42 Å². The van der Waals surface area contributed by atoms with Crippen LogP contribution in [0.25, 0.3) is 0 Å². The molecule has 0 heterocycles.